The summed E-state index contributed by atoms with van der Waals surface area (Å²) in [6, 6.07) is 11.6. The van der Waals surface area contributed by atoms with Gasteiger partial charge in [0, 0.05) is 5.56 Å². The van der Waals surface area contributed by atoms with Crippen molar-refractivity contribution in [2.24, 2.45) is 0 Å². The molecule has 0 fully saturated rings. The molecule has 0 amide bonds. The molecule has 0 N–H and O–H groups in total. The molecule has 0 bridgehead atoms. The van der Waals surface area contributed by atoms with Gasteiger partial charge in [0.1, 0.15) is 5.76 Å². The van der Waals surface area contributed by atoms with E-state index in [1.807, 2.05) is 44.2 Å². The van der Waals surface area contributed by atoms with E-state index in [1.165, 1.54) is 0 Å². The molecule has 1 aliphatic heterocycles. The third-order valence-corrected chi connectivity index (χ3v) is 4.11. The normalized spacial score (nSPS) is 15.1. The molecule has 128 valence electrons. The molecule has 0 aromatic heterocycles. The van der Waals surface area contributed by atoms with Crippen LogP contribution in [-0.2, 0) is 9.53 Å². The Morgan fingerprint density at radius 2 is 1.72 bits per heavy atom. The monoisotopic (exact) mass is 336 g/mol. The molecule has 25 heavy (non-hydrogen) atoms. The van der Waals surface area contributed by atoms with E-state index >= 15 is 0 Å². The Balaban J connectivity index is 1.97. The summed E-state index contributed by atoms with van der Waals surface area (Å²) in [5.74, 6) is 1.48. The Bertz CT molecular complexity index is 891. The van der Waals surface area contributed by atoms with Gasteiger partial charge in [-0.1, -0.05) is 23.8 Å². The number of carbonyl (C=O) groups excluding carboxylic acids is 1. The third kappa shape index (κ3) is 3.43. The standard InChI is InChI=1S/C21H20O4/c1-13-5-6-14(2)17(9-13)19-12-16(21(22)25-19)10-15-7-8-18(23-3)20(11-15)24-4/h5-12H,1-4H3/b16-10-. The Labute approximate surface area is 147 Å². The molecule has 3 rings (SSSR count). The summed E-state index contributed by atoms with van der Waals surface area (Å²) in [6.07, 6.45) is 3.56. The molecule has 1 aliphatic rings. The summed E-state index contributed by atoms with van der Waals surface area (Å²) < 4.78 is 16.0. The van der Waals surface area contributed by atoms with E-state index in [-0.39, 0.29) is 5.97 Å². The lowest BCUT2D eigenvalue weighted by Gasteiger charge is -2.07. The van der Waals surface area contributed by atoms with Crippen LogP contribution >= 0.6 is 0 Å². The van der Waals surface area contributed by atoms with Crippen molar-refractivity contribution in [3.63, 3.8) is 0 Å². The van der Waals surface area contributed by atoms with Crippen LogP contribution in [0.1, 0.15) is 22.3 Å². The van der Waals surface area contributed by atoms with E-state index in [9.17, 15) is 4.79 Å². The van der Waals surface area contributed by atoms with Crippen LogP contribution in [0.15, 0.2) is 48.0 Å². The van der Waals surface area contributed by atoms with Gasteiger partial charge in [-0.2, -0.15) is 0 Å². The van der Waals surface area contributed by atoms with Crippen LogP contribution in [0.2, 0.25) is 0 Å². The topological polar surface area (TPSA) is 44.8 Å². The molecule has 0 spiro atoms. The summed E-state index contributed by atoms with van der Waals surface area (Å²) in [5, 5.41) is 0. The van der Waals surface area contributed by atoms with Gasteiger partial charge in [-0.15, -0.1) is 0 Å². The second kappa shape index (κ2) is 6.85. The molecule has 0 unspecified atom stereocenters. The number of ether oxygens (including phenoxy) is 3. The highest BCUT2D eigenvalue weighted by Gasteiger charge is 2.23. The first-order chi connectivity index (χ1) is 12.0. The third-order valence-electron chi connectivity index (χ3n) is 4.11. The summed E-state index contributed by atoms with van der Waals surface area (Å²) in [4.78, 5) is 12.2. The Kier molecular flexibility index (Phi) is 4.61. The quantitative estimate of drug-likeness (QED) is 0.617. The van der Waals surface area contributed by atoms with E-state index in [4.69, 9.17) is 14.2 Å². The van der Waals surface area contributed by atoms with Gasteiger partial charge in [-0.3, -0.25) is 0 Å². The molecule has 1 heterocycles. The van der Waals surface area contributed by atoms with Crippen LogP contribution in [0.4, 0.5) is 0 Å². The zero-order valence-electron chi connectivity index (χ0n) is 14.8. The average molecular weight is 336 g/mol. The minimum atomic E-state index is -0.356. The zero-order valence-corrected chi connectivity index (χ0v) is 14.8. The maximum atomic E-state index is 12.2. The van der Waals surface area contributed by atoms with E-state index in [0.29, 0.717) is 22.8 Å². The SMILES string of the molecule is COc1ccc(/C=C2/C=C(c3cc(C)ccc3C)OC2=O)cc1OC. The first kappa shape index (κ1) is 16.8. The Hall–Kier alpha value is -3.01. The molecule has 4 nitrogen and oxygen atoms in total. The van der Waals surface area contributed by atoms with Crippen molar-refractivity contribution in [2.45, 2.75) is 13.8 Å². The van der Waals surface area contributed by atoms with Crippen molar-refractivity contribution in [3.8, 4) is 11.5 Å². The fourth-order valence-electron chi connectivity index (χ4n) is 2.75. The number of methoxy groups -OCH3 is 2. The summed E-state index contributed by atoms with van der Waals surface area (Å²) >= 11 is 0. The predicted molar refractivity (Wildman–Crippen MR) is 97.5 cm³/mol. The van der Waals surface area contributed by atoms with Crippen LogP contribution in [0, 0.1) is 13.8 Å². The second-order valence-corrected chi connectivity index (χ2v) is 5.93. The van der Waals surface area contributed by atoms with Gasteiger partial charge in [-0.25, -0.2) is 4.79 Å². The summed E-state index contributed by atoms with van der Waals surface area (Å²) in [5.41, 5.74) is 4.46. The lowest BCUT2D eigenvalue weighted by atomic mass is 10.0. The molecule has 0 saturated carbocycles. The maximum Gasteiger partial charge on any atom is 0.343 e. The molecular formula is C21H20O4. The van der Waals surface area contributed by atoms with Gasteiger partial charge in [0.05, 0.1) is 19.8 Å². The molecule has 0 aliphatic carbocycles. The minimum absolute atomic E-state index is 0.356. The number of rotatable bonds is 4. The first-order valence-electron chi connectivity index (χ1n) is 7.97. The van der Waals surface area contributed by atoms with Crippen LogP contribution in [0.3, 0.4) is 0 Å². The number of hydrogen-bond donors (Lipinski definition) is 0. The van der Waals surface area contributed by atoms with Crippen LogP contribution in [-0.4, -0.2) is 20.2 Å². The van der Waals surface area contributed by atoms with Crippen molar-refractivity contribution in [1.82, 2.24) is 0 Å². The van der Waals surface area contributed by atoms with Crippen molar-refractivity contribution in [2.75, 3.05) is 14.2 Å². The highest BCUT2D eigenvalue weighted by atomic mass is 16.5. The van der Waals surface area contributed by atoms with Gasteiger partial charge < -0.3 is 14.2 Å². The van der Waals surface area contributed by atoms with E-state index in [2.05, 4.69) is 0 Å². The Morgan fingerprint density at radius 1 is 0.960 bits per heavy atom. The fraction of sp³-hybridized carbons (Fsp3) is 0.190. The number of hydrogen-bond acceptors (Lipinski definition) is 4. The number of carbonyl (C=O) groups is 1. The lowest BCUT2D eigenvalue weighted by Crippen LogP contribution is -1.98. The lowest BCUT2D eigenvalue weighted by molar-refractivity contribution is -0.130. The highest BCUT2D eigenvalue weighted by molar-refractivity contribution is 6.05. The molecule has 4 heteroatoms. The van der Waals surface area contributed by atoms with Crippen LogP contribution in [0.25, 0.3) is 11.8 Å². The molecule has 2 aromatic carbocycles. The number of aryl methyl sites for hydroxylation is 2. The van der Waals surface area contributed by atoms with E-state index in [1.54, 1.807) is 32.4 Å². The summed E-state index contributed by atoms with van der Waals surface area (Å²) in [7, 11) is 3.17. The zero-order chi connectivity index (χ0) is 18.0. The van der Waals surface area contributed by atoms with Crippen molar-refractivity contribution in [1.29, 1.82) is 0 Å². The van der Waals surface area contributed by atoms with E-state index in [0.717, 1.165) is 22.3 Å². The molecule has 0 saturated heterocycles. The fourth-order valence-corrected chi connectivity index (χ4v) is 2.75. The summed E-state index contributed by atoms with van der Waals surface area (Å²) in [6.45, 7) is 4.01. The van der Waals surface area contributed by atoms with Gasteiger partial charge in [0.15, 0.2) is 11.5 Å². The Morgan fingerprint density at radius 3 is 2.44 bits per heavy atom. The first-order valence-corrected chi connectivity index (χ1v) is 7.97. The van der Waals surface area contributed by atoms with Gasteiger partial charge in [0.25, 0.3) is 0 Å². The molecule has 2 aromatic rings. The smallest absolute Gasteiger partial charge is 0.343 e. The second-order valence-electron chi connectivity index (χ2n) is 5.93. The van der Waals surface area contributed by atoms with Crippen molar-refractivity contribution in [3.05, 3.63) is 70.3 Å². The molecule has 0 radical (unpaired) electrons. The van der Waals surface area contributed by atoms with Crippen molar-refractivity contribution < 1.29 is 19.0 Å². The molecular weight excluding hydrogens is 316 g/mol. The average Bonchev–Trinajstić information content (AvgIpc) is 2.97. The minimum Gasteiger partial charge on any atom is -0.493 e. The number of cyclic esters (lactones) is 1. The maximum absolute atomic E-state index is 12.2. The van der Waals surface area contributed by atoms with E-state index < -0.39 is 0 Å². The predicted octanol–water partition coefficient (Wildman–Crippen LogP) is 4.30. The highest BCUT2D eigenvalue weighted by Crippen LogP contribution is 2.32. The van der Waals surface area contributed by atoms with Gasteiger partial charge in [0.2, 0.25) is 0 Å². The van der Waals surface area contributed by atoms with Gasteiger partial charge >= 0.3 is 5.97 Å². The van der Waals surface area contributed by atoms with Gasteiger partial charge in [-0.05, 0) is 55.3 Å². The van der Waals surface area contributed by atoms with Crippen LogP contribution in [0.5, 0.6) is 11.5 Å². The number of esters is 1. The largest absolute Gasteiger partial charge is 0.493 e. The molecule has 0 atom stereocenters. The van der Waals surface area contributed by atoms with Crippen LogP contribution < -0.4 is 9.47 Å². The van der Waals surface area contributed by atoms with Crippen molar-refractivity contribution >= 4 is 17.8 Å². The number of benzene rings is 2.